The second kappa shape index (κ2) is 7.51. The number of carbonyl (C=O) groups is 1. The predicted molar refractivity (Wildman–Crippen MR) is 77.7 cm³/mol. The number of amides is 1. The van der Waals surface area contributed by atoms with E-state index >= 15 is 0 Å². The number of hydrogen-bond acceptors (Lipinski definition) is 3. The quantitative estimate of drug-likeness (QED) is 0.632. The number of amidine groups is 1. The third-order valence-corrected chi connectivity index (χ3v) is 2.75. The van der Waals surface area contributed by atoms with Crippen LogP contribution in [-0.2, 0) is 0 Å². The van der Waals surface area contributed by atoms with Crippen LogP contribution < -0.4 is 5.73 Å². The lowest BCUT2D eigenvalue weighted by molar-refractivity contribution is 0.0996. The summed E-state index contributed by atoms with van der Waals surface area (Å²) in [5.41, 5.74) is 6.05. The van der Waals surface area contributed by atoms with E-state index in [1.165, 1.54) is 0 Å². The molecule has 2 N–H and O–H groups in total. The lowest BCUT2D eigenvalue weighted by Gasteiger charge is -2.23. The Morgan fingerprint density at radius 2 is 2.00 bits per heavy atom. The Bertz CT molecular complexity index is 451. The number of nitrogens with two attached hydrogens (primary N) is 1. The summed E-state index contributed by atoms with van der Waals surface area (Å²) >= 11 is 0. The van der Waals surface area contributed by atoms with Gasteiger partial charge in [0.2, 0.25) is 0 Å². The molecule has 5 nitrogen and oxygen atoms in total. The summed E-state index contributed by atoms with van der Waals surface area (Å²) in [6.07, 6.45) is 3.66. The van der Waals surface area contributed by atoms with Crippen LogP contribution in [0.2, 0.25) is 0 Å². The zero-order valence-corrected chi connectivity index (χ0v) is 11.9. The Labute approximate surface area is 114 Å². The Balaban J connectivity index is 3.02. The van der Waals surface area contributed by atoms with Crippen LogP contribution in [0, 0.1) is 0 Å². The van der Waals surface area contributed by atoms with E-state index in [-0.39, 0.29) is 5.69 Å². The van der Waals surface area contributed by atoms with Gasteiger partial charge in [-0.05, 0) is 31.9 Å². The molecule has 0 aliphatic carbocycles. The van der Waals surface area contributed by atoms with Crippen LogP contribution >= 0.6 is 0 Å². The molecule has 1 aromatic rings. The number of rotatable bonds is 6. The van der Waals surface area contributed by atoms with Gasteiger partial charge in [0.1, 0.15) is 5.84 Å². The van der Waals surface area contributed by atoms with Crippen LogP contribution in [0.1, 0.15) is 44.1 Å². The van der Waals surface area contributed by atoms with E-state index in [1.54, 1.807) is 18.3 Å². The summed E-state index contributed by atoms with van der Waals surface area (Å²) in [5, 5.41) is 0. The summed E-state index contributed by atoms with van der Waals surface area (Å²) in [7, 11) is 0. The van der Waals surface area contributed by atoms with Gasteiger partial charge in [0.25, 0.3) is 5.91 Å². The van der Waals surface area contributed by atoms with Gasteiger partial charge < -0.3 is 10.6 Å². The highest BCUT2D eigenvalue weighted by Crippen LogP contribution is 2.16. The van der Waals surface area contributed by atoms with Crippen molar-refractivity contribution >= 4 is 17.4 Å². The van der Waals surface area contributed by atoms with E-state index in [9.17, 15) is 4.79 Å². The molecule has 0 fully saturated rings. The summed E-state index contributed by atoms with van der Waals surface area (Å²) in [6, 6.07) is 3.51. The monoisotopic (exact) mass is 262 g/mol. The summed E-state index contributed by atoms with van der Waals surface area (Å²) in [6.45, 7) is 8.12. The number of aliphatic imine (C=N–C) groups is 1. The van der Waals surface area contributed by atoms with Gasteiger partial charge in [-0.2, -0.15) is 0 Å². The van der Waals surface area contributed by atoms with Crippen molar-refractivity contribution < 1.29 is 4.79 Å². The van der Waals surface area contributed by atoms with Crippen LogP contribution in [-0.4, -0.2) is 34.7 Å². The molecule has 0 atom stereocenters. The lowest BCUT2D eigenvalue weighted by atomic mass is 10.3. The molecular formula is C14H22N4O. The zero-order chi connectivity index (χ0) is 14.3. The molecule has 0 bridgehead atoms. The van der Waals surface area contributed by atoms with Crippen molar-refractivity contribution in [1.82, 2.24) is 9.88 Å². The first-order valence-corrected chi connectivity index (χ1v) is 6.65. The van der Waals surface area contributed by atoms with E-state index in [4.69, 9.17) is 5.73 Å². The molecule has 0 radical (unpaired) electrons. The van der Waals surface area contributed by atoms with Gasteiger partial charge in [-0.3, -0.25) is 4.79 Å². The van der Waals surface area contributed by atoms with E-state index in [0.29, 0.717) is 5.69 Å². The average molecular weight is 262 g/mol. The van der Waals surface area contributed by atoms with Crippen molar-refractivity contribution in [3.05, 3.63) is 24.0 Å². The minimum Gasteiger partial charge on any atom is -0.364 e. The molecule has 0 aromatic carbocycles. The first-order chi connectivity index (χ1) is 9.10. The minimum absolute atomic E-state index is 0.217. The molecule has 104 valence electrons. The number of aromatic nitrogens is 1. The number of pyridine rings is 1. The van der Waals surface area contributed by atoms with Gasteiger partial charge in [0.15, 0.2) is 5.69 Å². The fourth-order valence-electron chi connectivity index (χ4n) is 1.90. The summed E-state index contributed by atoms with van der Waals surface area (Å²) in [5.74, 6) is 0.337. The van der Waals surface area contributed by atoms with Crippen LogP contribution in [0.4, 0.5) is 5.69 Å². The molecule has 1 heterocycles. The summed E-state index contributed by atoms with van der Waals surface area (Å²) in [4.78, 5) is 22.0. The molecule has 0 saturated heterocycles. The smallest absolute Gasteiger partial charge is 0.269 e. The van der Waals surface area contributed by atoms with Crippen LogP contribution in [0.3, 0.4) is 0 Å². The molecule has 19 heavy (non-hydrogen) atoms. The number of nitrogens with zero attached hydrogens (tertiary/aromatic N) is 3. The maximum absolute atomic E-state index is 11.3. The molecule has 1 aromatic heterocycles. The van der Waals surface area contributed by atoms with E-state index in [1.807, 2.05) is 6.92 Å². The zero-order valence-electron chi connectivity index (χ0n) is 11.9. The third-order valence-electron chi connectivity index (χ3n) is 2.75. The van der Waals surface area contributed by atoms with Crippen LogP contribution in [0.15, 0.2) is 23.3 Å². The third kappa shape index (κ3) is 4.35. The highest BCUT2D eigenvalue weighted by molar-refractivity contribution is 5.97. The Kier molecular flexibility index (Phi) is 5.99. The molecule has 0 spiro atoms. The van der Waals surface area contributed by atoms with Crippen molar-refractivity contribution in [1.29, 1.82) is 0 Å². The predicted octanol–water partition coefficient (Wildman–Crippen LogP) is 2.35. The lowest BCUT2D eigenvalue weighted by Crippen LogP contribution is -2.30. The Morgan fingerprint density at radius 3 is 2.53 bits per heavy atom. The number of carbonyl (C=O) groups excluding carboxylic acids is 1. The first kappa shape index (κ1) is 15.1. The molecule has 0 unspecified atom stereocenters. The maximum Gasteiger partial charge on any atom is 0.269 e. The van der Waals surface area contributed by atoms with E-state index in [2.05, 4.69) is 28.7 Å². The molecule has 1 amide bonds. The molecule has 0 saturated carbocycles. The van der Waals surface area contributed by atoms with Gasteiger partial charge in [0.05, 0.1) is 5.69 Å². The first-order valence-electron chi connectivity index (χ1n) is 6.65. The standard InChI is InChI=1S/C14H22N4O/c1-4-9-18(10-5-2)11(3)17-12-7-6-8-16-13(12)14(15)19/h6-8H,4-5,9-10H2,1-3H3,(H2,15,19). The average Bonchev–Trinajstić information content (AvgIpc) is 2.38. The van der Waals surface area contributed by atoms with Crippen molar-refractivity contribution in [2.24, 2.45) is 10.7 Å². The fraction of sp³-hybridized carbons (Fsp3) is 0.500. The highest BCUT2D eigenvalue weighted by atomic mass is 16.1. The largest absolute Gasteiger partial charge is 0.364 e. The Morgan fingerprint density at radius 1 is 1.37 bits per heavy atom. The van der Waals surface area contributed by atoms with Gasteiger partial charge in [-0.25, -0.2) is 9.98 Å². The second-order valence-corrected chi connectivity index (χ2v) is 4.38. The van der Waals surface area contributed by atoms with Crippen LogP contribution in [0.25, 0.3) is 0 Å². The second-order valence-electron chi connectivity index (χ2n) is 4.38. The van der Waals surface area contributed by atoms with Crippen LogP contribution in [0.5, 0.6) is 0 Å². The Hall–Kier alpha value is -1.91. The van der Waals surface area contributed by atoms with Gasteiger partial charge in [0, 0.05) is 19.3 Å². The van der Waals surface area contributed by atoms with Gasteiger partial charge in [-0.15, -0.1) is 0 Å². The summed E-state index contributed by atoms with van der Waals surface area (Å²) < 4.78 is 0. The number of hydrogen-bond donors (Lipinski definition) is 1. The molecule has 1 rings (SSSR count). The normalized spacial score (nSPS) is 11.4. The molecule has 0 aliphatic rings. The fourth-order valence-corrected chi connectivity index (χ4v) is 1.90. The van der Waals surface area contributed by atoms with Gasteiger partial charge in [-0.1, -0.05) is 13.8 Å². The number of primary amides is 1. The SMILES string of the molecule is CCCN(CCC)C(C)=Nc1cccnc1C(N)=O. The van der Waals surface area contributed by atoms with Crippen molar-refractivity contribution in [2.45, 2.75) is 33.6 Å². The van der Waals surface area contributed by atoms with E-state index in [0.717, 1.165) is 31.8 Å². The van der Waals surface area contributed by atoms with E-state index < -0.39 is 5.91 Å². The van der Waals surface area contributed by atoms with Crippen molar-refractivity contribution in [3.63, 3.8) is 0 Å². The maximum atomic E-state index is 11.3. The van der Waals surface area contributed by atoms with Gasteiger partial charge >= 0.3 is 0 Å². The highest BCUT2D eigenvalue weighted by Gasteiger charge is 2.10. The topological polar surface area (TPSA) is 71.6 Å². The molecule has 0 aliphatic heterocycles. The molecular weight excluding hydrogens is 240 g/mol. The van der Waals surface area contributed by atoms with Crippen molar-refractivity contribution in [2.75, 3.05) is 13.1 Å². The molecule has 5 heteroatoms. The minimum atomic E-state index is -0.551. The van der Waals surface area contributed by atoms with Crippen molar-refractivity contribution in [3.8, 4) is 0 Å².